The van der Waals surface area contributed by atoms with Crippen LogP contribution >= 0.6 is 0 Å². The fourth-order valence-electron chi connectivity index (χ4n) is 8.33. The van der Waals surface area contributed by atoms with Gasteiger partial charge in [0.25, 0.3) is 0 Å². The molecule has 0 atom stereocenters. The molecule has 59 heavy (non-hydrogen) atoms. The average molecular weight is 854 g/mol. The van der Waals surface area contributed by atoms with E-state index in [1.807, 2.05) is 0 Å². The minimum absolute atomic E-state index is 0. The number of unbranched alkanes of at least 4 members (excludes halogenated alkanes) is 23. The molecule has 3 heteroatoms. The van der Waals surface area contributed by atoms with Gasteiger partial charge in [-0.2, -0.15) is 0 Å². The van der Waals surface area contributed by atoms with Gasteiger partial charge in [0.1, 0.15) is 0 Å². The van der Waals surface area contributed by atoms with Crippen LogP contribution in [0.5, 0.6) is 0 Å². The molecule has 2 rings (SSSR count). The van der Waals surface area contributed by atoms with Crippen LogP contribution < -0.4 is 0 Å². The Morgan fingerprint density at radius 1 is 0.390 bits per heavy atom. The number of aliphatic imine (C=N–C) groups is 2. The standard InChI is InChI=1S/C56H94N2.Ni/c1-7-13-19-21-23-25-27-29-35-41-55(57-53-45-43-49(37-31-15-9-3)51(47-53)39-33-17-11-5)56(42-36-30-28-26-24-22-20-14-8-2)58-54-46-44-50(38-32-16-10-4)52(48-54)40-34-18-12-6;/h35,41,43-48H,7-34,36-40,42H2,1-6H3;/b41-35+,57-55+,58-56+;. The third kappa shape index (κ3) is 26.9. The number of hydrogen-bond acceptors (Lipinski definition) is 2. The second-order valence-electron chi connectivity index (χ2n) is 17.7. The number of rotatable bonds is 38. The third-order valence-electron chi connectivity index (χ3n) is 12.2. The number of nitrogens with zero attached hydrogens (tertiary/aromatic N) is 2. The molecule has 0 saturated carbocycles. The minimum atomic E-state index is 0. The Labute approximate surface area is 378 Å². The van der Waals surface area contributed by atoms with Crippen molar-refractivity contribution < 1.29 is 16.5 Å². The predicted molar refractivity (Wildman–Crippen MR) is 264 cm³/mol. The summed E-state index contributed by atoms with van der Waals surface area (Å²) in [6.45, 7) is 13.9. The Balaban J connectivity index is 0.0000174. The molecule has 2 aromatic rings. The van der Waals surface area contributed by atoms with Gasteiger partial charge in [-0.15, -0.1) is 0 Å². The minimum Gasteiger partial charge on any atom is -0.251 e. The van der Waals surface area contributed by atoms with Crippen LogP contribution in [-0.4, -0.2) is 11.4 Å². The molecule has 338 valence electrons. The third-order valence-corrected chi connectivity index (χ3v) is 12.2. The first-order chi connectivity index (χ1) is 28.6. The van der Waals surface area contributed by atoms with Crippen molar-refractivity contribution in [3.05, 3.63) is 70.8 Å². The summed E-state index contributed by atoms with van der Waals surface area (Å²) in [7, 11) is 0. The normalized spacial score (nSPS) is 12.2. The summed E-state index contributed by atoms with van der Waals surface area (Å²) < 4.78 is 0. The van der Waals surface area contributed by atoms with Crippen molar-refractivity contribution in [3.8, 4) is 0 Å². The summed E-state index contributed by atoms with van der Waals surface area (Å²) in [6.07, 6.45) is 48.4. The molecule has 0 aliphatic heterocycles. The van der Waals surface area contributed by atoms with Gasteiger partial charge in [0.2, 0.25) is 0 Å². The molecule has 0 amide bonds. The van der Waals surface area contributed by atoms with Crippen molar-refractivity contribution in [2.24, 2.45) is 9.98 Å². The van der Waals surface area contributed by atoms with Crippen molar-refractivity contribution in [1.82, 2.24) is 0 Å². The second kappa shape index (κ2) is 38.9. The molecule has 0 spiro atoms. The molecule has 0 unspecified atom stereocenters. The van der Waals surface area contributed by atoms with Gasteiger partial charge in [-0.3, -0.25) is 4.99 Å². The van der Waals surface area contributed by atoms with E-state index in [2.05, 4.69) is 90.1 Å². The molecule has 0 N–H and O–H groups in total. The van der Waals surface area contributed by atoms with E-state index in [9.17, 15) is 0 Å². The molecule has 0 saturated heterocycles. The van der Waals surface area contributed by atoms with Gasteiger partial charge in [-0.05, 0) is 130 Å². The predicted octanol–water partition coefficient (Wildman–Crippen LogP) is 19.1. The Morgan fingerprint density at radius 3 is 1.19 bits per heavy atom. The first kappa shape index (κ1) is 55.0. The van der Waals surface area contributed by atoms with Gasteiger partial charge in [-0.1, -0.05) is 201 Å². The summed E-state index contributed by atoms with van der Waals surface area (Å²) in [4.78, 5) is 11.1. The van der Waals surface area contributed by atoms with E-state index in [1.165, 1.54) is 215 Å². The second-order valence-corrected chi connectivity index (χ2v) is 17.7. The quantitative estimate of drug-likeness (QED) is 0.0365. The van der Waals surface area contributed by atoms with Crippen molar-refractivity contribution in [2.75, 3.05) is 0 Å². The Bertz CT molecular complexity index is 1370. The zero-order valence-electron chi connectivity index (χ0n) is 39.9. The maximum absolute atomic E-state index is 5.59. The number of benzene rings is 2. The first-order valence-electron chi connectivity index (χ1n) is 25.7. The van der Waals surface area contributed by atoms with E-state index in [-0.39, 0.29) is 16.5 Å². The number of allylic oxidation sites excluding steroid dienone is 2. The molecule has 0 aliphatic carbocycles. The molecular formula is C56H94N2Ni. The van der Waals surface area contributed by atoms with Crippen LogP contribution in [-0.2, 0) is 42.2 Å². The van der Waals surface area contributed by atoms with Crippen molar-refractivity contribution in [2.45, 2.75) is 260 Å². The van der Waals surface area contributed by atoms with Gasteiger partial charge in [-0.25, -0.2) is 4.99 Å². The van der Waals surface area contributed by atoms with E-state index in [1.54, 1.807) is 5.56 Å². The molecule has 0 aliphatic rings. The van der Waals surface area contributed by atoms with E-state index >= 15 is 0 Å². The zero-order valence-corrected chi connectivity index (χ0v) is 40.9. The van der Waals surface area contributed by atoms with Crippen molar-refractivity contribution >= 4 is 22.8 Å². The van der Waals surface area contributed by atoms with Gasteiger partial charge >= 0.3 is 0 Å². The number of hydrogen-bond donors (Lipinski definition) is 0. The van der Waals surface area contributed by atoms with Crippen molar-refractivity contribution in [3.63, 3.8) is 0 Å². The van der Waals surface area contributed by atoms with Crippen LogP contribution in [0.1, 0.15) is 256 Å². The van der Waals surface area contributed by atoms with Crippen LogP contribution in [0.4, 0.5) is 11.4 Å². The summed E-state index contributed by atoms with van der Waals surface area (Å²) in [5.74, 6) is 0. The van der Waals surface area contributed by atoms with Crippen LogP contribution in [0.3, 0.4) is 0 Å². The topological polar surface area (TPSA) is 24.7 Å². The van der Waals surface area contributed by atoms with Gasteiger partial charge in [0.15, 0.2) is 0 Å². The Morgan fingerprint density at radius 2 is 0.746 bits per heavy atom. The smallest absolute Gasteiger partial charge is 0.0848 e. The molecule has 2 aromatic carbocycles. The maximum Gasteiger partial charge on any atom is 0.0848 e. The van der Waals surface area contributed by atoms with Crippen LogP contribution in [0.25, 0.3) is 0 Å². The Hall–Kier alpha value is -1.99. The maximum atomic E-state index is 5.59. The molecule has 0 heterocycles. The van der Waals surface area contributed by atoms with E-state index in [0.29, 0.717) is 0 Å². The fraction of sp³-hybridized carbons (Fsp3) is 0.714. The largest absolute Gasteiger partial charge is 0.251 e. The molecule has 0 fully saturated rings. The molecule has 0 aromatic heterocycles. The fourth-order valence-corrected chi connectivity index (χ4v) is 8.33. The monoisotopic (exact) mass is 853 g/mol. The van der Waals surface area contributed by atoms with E-state index in [0.717, 1.165) is 42.8 Å². The SMILES string of the molecule is CCCCCCCCC/C=C/C(=N\c1ccc(CCCCC)c(CCCCC)c1)C(/CCCCCCCCCCC)=N/c1ccc(CCCCC)c(CCCCC)c1.[Ni]. The molecule has 0 bridgehead atoms. The summed E-state index contributed by atoms with van der Waals surface area (Å²) in [5, 5.41) is 0. The zero-order chi connectivity index (χ0) is 41.7. The summed E-state index contributed by atoms with van der Waals surface area (Å²) in [5.41, 5.74) is 10.6. The first-order valence-corrected chi connectivity index (χ1v) is 25.7. The van der Waals surface area contributed by atoms with Gasteiger partial charge in [0, 0.05) is 16.5 Å². The van der Waals surface area contributed by atoms with E-state index in [4.69, 9.17) is 9.98 Å². The summed E-state index contributed by atoms with van der Waals surface area (Å²) >= 11 is 0. The van der Waals surface area contributed by atoms with Crippen molar-refractivity contribution in [1.29, 1.82) is 0 Å². The molecule has 0 radical (unpaired) electrons. The van der Waals surface area contributed by atoms with Gasteiger partial charge < -0.3 is 0 Å². The van der Waals surface area contributed by atoms with E-state index < -0.39 is 0 Å². The Kier molecular flexibility index (Phi) is 36.3. The average Bonchev–Trinajstić information content (AvgIpc) is 3.23. The van der Waals surface area contributed by atoms with Crippen LogP contribution in [0, 0.1) is 0 Å². The molecule has 2 nitrogen and oxygen atoms in total. The number of aryl methyl sites for hydroxylation is 4. The van der Waals surface area contributed by atoms with Crippen LogP contribution in [0.2, 0.25) is 0 Å². The molecular weight excluding hydrogens is 759 g/mol. The summed E-state index contributed by atoms with van der Waals surface area (Å²) in [6, 6.07) is 14.3. The van der Waals surface area contributed by atoms with Gasteiger partial charge in [0.05, 0.1) is 22.8 Å². The van der Waals surface area contributed by atoms with Crippen LogP contribution in [0.15, 0.2) is 58.5 Å².